The third kappa shape index (κ3) is 9.04. The molecule has 1 saturated carbocycles. The molecule has 1 unspecified atom stereocenters. The quantitative estimate of drug-likeness (QED) is 0.472. The van der Waals surface area contributed by atoms with Gasteiger partial charge >= 0.3 is 0 Å². The molecule has 1 atom stereocenters. The maximum atomic E-state index is 5.79. The van der Waals surface area contributed by atoms with Gasteiger partial charge in [0, 0.05) is 33.0 Å². The molecule has 0 spiro atoms. The van der Waals surface area contributed by atoms with E-state index < -0.39 is 0 Å². The molecule has 23 heavy (non-hydrogen) atoms. The van der Waals surface area contributed by atoms with Crippen molar-refractivity contribution in [2.45, 2.75) is 83.5 Å². The van der Waals surface area contributed by atoms with E-state index in [2.05, 4.69) is 6.92 Å². The first-order chi connectivity index (χ1) is 11.3. The number of unbranched alkanes of at least 4 members (excludes halogenated alkanes) is 3. The maximum absolute atomic E-state index is 5.79. The smallest absolute Gasteiger partial charge is 0.157 e. The molecule has 0 bridgehead atoms. The number of ether oxygens (including phenoxy) is 4. The van der Waals surface area contributed by atoms with Gasteiger partial charge in [-0.15, -0.1) is 0 Å². The first kappa shape index (κ1) is 19.2. The molecule has 2 fully saturated rings. The molecule has 1 aliphatic carbocycles. The third-order valence-corrected chi connectivity index (χ3v) is 4.74. The second-order valence-corrected chi connectivity index (χ2v) is 7.12. The second-order valence-electron chi connectivity index (χ2n) is 7.12. The van der Waals surface area contributed by atoms with Crippen molar-refractivity contribution in [2.24, 2.45) is 5.92 Å². The van der Waals surface area contributed by atoms with Crippen molar-refractivity contribution in [3.8, 4) is 0 Å². The van der Waals surface area contributed by atoms with E-state index in [0.29, 0.717) is 6.10 Å². The predicted molar refractivity (Wildman–Crippen MR) is 91.6 cm³/mol. The van der Waals surface area contributed by atoms with E-state index in [-0.39, 0.29) is 6.29 Å². The van der Waals surface area contributed by atoms with Crippen molar-refractivity contribution in [3.63, 3.8) is 0 Å². The van der Waals surface area contributed by atoms with Crippen LogP contribution < -0.4 is 0 Å². The van der Waals surface area contributed by atoms with Gasteiger partial charge in [0.05, 0.1) is 6.10 Å². The zero-order valence-corrected chi connectivity index (χ0v) is 15.0. The fourth-order valence-corrected chi connectivity index (χ4v) is 3.16. The van der Waals surface area contributed by atoms with Crippen LogP contribution in [-0.2, 0) is 18.9 Å². The summed E-state index contributed by atoms with van der Waals surface area (Å²) in [4.78, 5) is 0. The lowest BCUT2D eigenvalue weighted by Crippen LogP contribution is -2.29. The summed E-state index contributed by atoms with van der Waals surface area (Å²) in [6.07, 6.45) is 12.3. The van der Waals surface area contributed by atoms with Gasteiger partial charge in [-0.1, -0.05) is 6.92 Å². The normalized spacial score (nSPS) is 27.8. The Hall–Kier alpha value is -0.160. The highest BCUT2D eigenvalue weighted by molar-refractivity contribution is 4.76. The SMILES string of the molecule is CC1CC(OCCCCOCCCCCOC2CCCCO2)C1. The van der Waals surface area contributed by atoms with Crippen molar-refractivity contribution in [1.29, 1.82) is 0 Å². The van der Waals surface area contributed by atoms with Crippen molar-refractivity contribution >= 4 is 0 Å². The average Bonchev–Trinajstić information content (AvgIpc) is 2.55. The van der Waals surface area contributed by atoms with Crippen LogP contribution in [0, 0.1) is 5.92 Å². The van der Waals surface area contributed by atoms with Crippen molar-refractivity contribution in [2.75, 3.05) is 33.0 Å². The summed E-state index contributed by atoms with van der Waals surface area (Å²) >= 11 is 0. The van der Waals surface area contributed by atoms with Gasteiger partial charge in [0.15, 0.2) is 6.29 Å². The summed E-state index contributed by atoms with van der Waals surface area (Å²) in [6, 6.07) is 0. The summed E-state index contributed by atoms with van der Waals surface area (Å²) < 4.78 is 22.7. The molecule has 2 rings (SSSR count). The van der Waals surface area contributed by atoms with Crippen molar-refractivity contribution in [1.82, 2.24) is 0 Å². The van der Waals surface area contributed by atoms with Crippen LogP contribution >= 0.6 is 0 Å². The van der Waals surface area contributed by atoms with Gasteiger partial charge in [0.25, 0.3) is 0 Å². The molecular formula is C19H36O4. The van der Waals surface area contributed by atoms with Crippen LogP contribution in [-0.4, -0.2) is 45.4 Å². The van der Waals surface area contributed by atoms with Gasteiger partial charge in [-0.3, -0.25) is 0 Å². The number of rotatable bonds is 13. The van der Waals surface area contributed by atoms with E-state index in [0.717, 1.165) is 71.1 Å². The Morgan fingerprint density at radius 2 is 1.52 bits per heavy atom. The minimum atomic E-state index is 0.0605. The Morgan fingerprint density at radius 1 is 0.826 bits per heavy atom. The molecule has 0 radical (unpaired) electrons. The topological polar surface area (TPSA) is 36.9 Å². The Labute approximate surface area is 142 Å². The van der Waals surface area contributed by atoms with Gasteiger partial charge in [0.1, 0.15) is 0 Å². The molecule has 0 amide bonds. The molecule has 1 aliphatic heterocycles. The average molecular weight is 328 g/mol. The zero-order valence-electron chi connectivity index (χ0n) is 15.0. The standard InChI is InChI=1S/C19H36O4/c1-17-15-18(16-17)21-12-8-7-11-20-10-4-2-5-13-22-19-9-3-6-14-23-19/h17-19H,2-16H2,1H3. The monoisotopic (exact) mass is 328 g/mol. The molecule has 0 aromatic rings. The van der Waals surface area contributed by atoms with Crippen LogP contribution in [0.5, 0.6) is 0 Å². The van der Waals surface area contributed by atoms with Gasteiger partial charge in [-0.2, -0.15) is 0 Å². The van der Waals surface area contributed by atoms with E-state index >= 15 is 0 Å². The van der Waals surface area contributed by atoms with Gasteiger partial charge in [0.2, 0.25) is 0 Å². The van der Waals surface area contributed by atoms with E-state index in [1.807, 2.05) is 0 Å². The van der Waals surface area contributed by atoms with Gasteiger partial charge in [-0.05, 0) is 70.1 Å². The molecule has 4 nitrogen and oxygen atoms in total. The summed E-state index contributed by atoms with van der Waals surface area (Å²) in [7, 11) is 0. The van der Waals surface area contributed by atoms with E-state index in [1.54, 1.807) is 0 Å². The number of hydrogen-bond donors (Lipinski definition) is 0. The molecule has 136 valence electrons. The van der Waals surface area contributed by atoms with Gasteiger partial charge in [-0.25, -0.2) is 0 Å². The van der Waals surface area contributed by atoms with Crippen LogP contribution in [0.15, 0.2) is 0 Å². The fourth-order valence-electron chi connectivity index (χ4n) is 3.16. The highest BCUT2D eigenvalue weighted by atomic mass is 16.7. The fraction of sp³-hybridized carbons (Fsp3) is 1.00. The molecule has 0 aromatic heterocycles. The summed E-state index contributed by atoms with van der Waals surface area (Å²) in [5, 5.41) is 0. The lowest BCUT2D eigenvalue weighted by molar-refractivity contribution is -0.162. The lowest BCUT2D eigenvalue weighted by atomic mass is 9.84. The minimum Gasteiger partial charge on any atom is -0.381 e. The molecule has 2 aliphatic rings. The first-order valence-electron chi connectivity index (χ1n) is 9.77. The van der Waals surface area contributed by atoms with Crippen LogP contribution in [0.1, 0.15) is 71.1 Å². The van der Waals surface area contributed by atoms with E-state index in [4.69, 9.17) is 18.9 Å². The predicted octanol–water partition coefficient (Wildman–Crippen LogP) is 4.31. The molecule has 1 saturated heterocycles. The summed E-state index contributed by atoms with van der Waals surface area (Å²) in [6.45, 7) is 6.63. The maximum Gasteiger partial charge on any atom is 0.157 e. The largest absolute Gasteiger partial charge is 0.381 e. The Balaban J connectivity index is 1.23. The minimum absolute atomic E-state index is 0.0605. The van der Waals surface area contributed by atoms with Crippen LogP contribution in [0.3, 0.4) is 0 Å². The molecular weight excluding hydrogens is 292 g/mol. The Morgan fingerprint density at radius 3 is 2.26 bits per heavy atom. The molecule has 0 aromatic carbocycles. The van der Waals surface area contributed by atoms with Crippen molar-refractivity contribution in [3.05, 3.63) is 0 Å². The Kier molecular flexibility index (Phi) is 10.2. The number of hydrogen-bond acceptors (Lipinski definition) is 4. The van der Waals surface area contributed by atoms with Crippen LogP contribution in [0.2, 0.25) is 0 Å². The first-order valence-corrected chi connectivity index (χ1v) is 9.77. The molecule has 0 N–H and O–H groups in total. The summed E-state index contributed by atoms with van der Waals surface area (Å²) in [5.74, 6) is 0.879. The van der Waals surface area contributed by atoms with E-state index in [9.17, 15) is 0 Å². The van der Waals surface area contributed by atoms with Crippen LogP contribution in [0.25, 0.3) is 0 Å². The van der Waals surface area contributed by atoms with Crippen molar-refractivity contribution < 1.29 is 18.9 Å². The van der Waals surface area contributed by atoms with Crippen LogP contribution in [0.4, 0.5) is 0 Å². The second kappa shape index (κ2) is 12.2. The molecule has 1 heterocycles. The zero-order chi connectivity index (χ0) is 16.2. The highest BCUT2D eigenvalue weighted by Crippen LogP contribution is 2.29. The van der Waals surface area contributed by atoms with Gasteiger partial charge < -0.3 is 18.9 Å². The Bertz CT molecular complexity index is 273. The lowest BCUT2D eigenvalue weighted by Gasteiger charge is -2.32. The molecule has 4 heteroatoms. The highest BCUT2D eigenvalue weighted by Gasteiger charge is 2.25. The summed E-state index contributed by atoms with van der Waals surface area (Å²) in [5.41, 5.74) is 0. The third-order valence-electron chi connectivity index (χ3n) is 4.74. The van der Waals surface area contributed by atoms with E-state index in [1.165, 1.54) is 32.1 Å².